The van der Waals surface area contributed by atoms with Crippen molar-refractivity contribution in [2.24, 2.45) is 29.2 Å². The molecule has 0 spiro atoms. The third kappa shape index (κ3) is 6.62. The van der Waals surface area contributed by atoms with Gasteiger partial charge in [0.2, 0.25) is 5.91 Å². The number of amides is 3. The van der Waals surface area contributed by atoms with Gasteiger partial charge in [-0.1, -0.05) is 18.9 Å². The second-order valence-corrected chi connectivity index (χ2v) is 12.8. The number of nitrogens with zero attached hydrogens (tertiary/aromatic N) is 5. The number of aromatic nitrogens is 2. The molecule has 0 radical (unpaired) electrons. The zero-order valence-corrected chi connectivity index (χ0v) is 25.1. The number of hydrogen-bond donors (Lipinski definition) is 2. The van der Waals surface area contributed by atoms with E-state index in [1.165, 1.54) is 47.1 Å². The van der Waals surface area contributed by atoms with E-state index in [-0.39, 0.29) is 17.8 Å². The van der Waals surface area contributed by atoms with E-state index in [0.29, 0.717) is 50.3 Å². The standard InChI is InChI=1S/C31H45N7O4/c1-31(2,33)28(39)36-12-14-37(15-13-36)30(41)35(3)27-10-11-38(29(40)34-27)25-9-8-24-17-23(20-42-26(24)18-25)16-21-4-6-22(19-32)7-5-21/h8-11,18,21-23H,4-7,12-17,19-20,32-33H2,1-3H3. The van der Waals surface area contributed by atoms with E-state index in [1.54, 1.807) is 43.0 Å². The van der Waals surface area contributed by atoms with Crippen LogP contribution >= 0.6 is 0 Å². The van der Waals surface area contributed by atoms with Crippen molar-refractivity contribution in [2.45, 2.75) is 57.9 Å². The average Bonchev–Trinajstić information content (AvgIpc) is 2.99. The van der Waals surface area contributed by atoms with Crippen LogP contribution in [-0.4, -0.2) is 83.2 Å². The third-order valence-corrected chi connectivity index (χ3v) is 9.09. The third-order valence-electron chi connectivity index (χ3n) is 9.09. The number of ether oxygens (including phenoxy) is 1. The van der Waals surface area contributed by atoms with Crippen LogP contribution in [0.15, 0.2) is 35.3 Å². The van der Waals surface area contributed by atoms with Crippen LogP contribution in [0.25, 0.3) is 5.69 Å². The van der Waals surface area contributed by atoms with Crippen LogP contribution in [-0.2, 0) is 11.2 Å². The number of piperazine rings is 1. The molecule has 3 amide bonds. The first-order valence-corrected chi connectivity index (χ1v) is 15.2. The van der Waals surface area contributed by atoms with E-state index in [0.717, 1.165) is 24.6 Å². The molecule has 2 fully saturated rings. The molecule has 5 rings (SSSR count). The Hall–Kier alpha value is -3.44. The molecule has 11 heteroatoms. The lowest BCUT2D eigenvalue weighted by molar-refractivity contribution is -0.137. The fourth-order valence-corrected chi connectivity index (χ4v) is 6.50. The second kappa shape index (κ2) is 12.4. The molecule has 0 bridgehead atoms. The molecule has 228 valence electrons. The number of fused-ring (bicyclic) bond motifs is 1. The molecular weight excluding hydrogens is 534 g/mol. The van der Waals surface area contributed by atoms with Crippen LogP contribution in [0.4, 0.5) is 10.6 Å². The van der Waals surface area contributed by atoms with Crippen molar-refractivity contribution in [2.75, 3.05) is 51.3 Å². The predicted molar refractivity (Wildman–Crippen MR) is 162 cm³/mol. The Morgan fingerprint density at radius 3 is 2.33 bits per heavy atom. The number of benzene rings is 1. The number of rotatable bonds is 6. The highest BCUT2D eigenvalue weighted by Gasteiger charge is 2.32. The van der Waals surface area contributed by atoms with Gasteiger partial charge in [0.25, 0.3) is 0 Å². The first-order chi connectivity index (χ1) is 20.0. The monoisotopic (exact) mass is 579 g/mol. The van der Waals surface area contributed by atoms with Crippen LogP contribution < -0.4 is 26.8 Å². The summed E-state index contributed by atoms with van der Waals surface area (Å²) in [5.41, 5.74) is 12.2. The van der Waals surface area contributed by atoms with Crippen molar-refractivity contribution in [3.8, 4) is 11.4 Å². The van der Waals surface area contributed by atoms with Crippen molar-refractivity contribution in [1.82, 2.24) is 19.4 Å². The molecule has 11 nitrogen and oxygen atoms in total. The van der Waals surface area contributed by atoms with Crippen LogP contribution in [0, 0.1) is 17.8 Å². The quantitative estimate of drug-likeness (QED) is 0.536. The van der Waals surface area contributed by atoms with Crippen molar-refractivity contribution < 1.29 is 14.3 Å². The predicted octanol–water partition coefficient (Wildman–Crippen LogP) is 2.38. The summed E-state index contributed by atoms with van der Waals surface area (Å²) in [5, 5.41) is 0. The molecule has 42 heavy (non-hydrogen) atoms. The number of nitrogens with two attached hydrogens (primary N) is 2. The Labute approximate surface area is 247 Å². The largest absolute Gasteiger partial charge is 0.493 e. The number of hydrogen-bond acceptors (Lipinski definition) is 7. The molecule has 3 aliphatic rings. The molecule has 2 aliphatic heterocycles. The van der Waals surface area contributed by atoms with Crippen molar-refractivity contribution in [3.63, 3.8) is 0 Å². The highest BCUT2D eigenvalue weighted by atomic mass is 16.5. The van der Waals surface area contributed by atoms with E-state index in [9.17, 15) is 14.4 Å². The summed E-state index contributed by atoms with van der Waals surface area (Å²) in [6, 6.07) is 7.26. The summed E-state index contributed by atoms with van der Waals surface area (Å²) < 4.78 is 7.64. The lowest BCUT2D eigenvalue weighted by Gasteiger charge is -2.38. The van der Waals surface area contributed by atoms with Crippen molar-refractivity contribution in [3.05, 3.63) is 46.5 Å². The summed E-state index contributed by atoms with van der Waals surface area (Å²) in [5.74, 6) is 2.90. The van der Waals surface area contributed by atoms with Gasteiger partial charge in [-0.25, -0.2) is 9.59 Å². The van der Waals surface area contributed by atoms with Gasteiger partial charge < -0.3 is 26.0 Å². The van der Waals surface area contributed by atoms with Crippen LogP contribution in [0.3, 0.4) is 0 Å². The minimum atomic E-state index is -0.951. The highest BCUT2D eigenvalue weighted by molar-refractivity contribution is 5.91. The Kier molecular flexibility index (Phi) is 8.89. The van der Waals surface area contributed by atoms with Crippen LogP contribution in [0.2, 0.25) is 0 Å². The normalized spacial score (nSPS) is 22.7. The first kappa shape index (κ1) is 30.0. The maximum atomic E-state index is 13.1. The number of anilines is 1. The van der Waals surface area contributed by atoms with Gasteiger partial charge in [-0.3, -0.25) is 14.3 Å². The van der Waals surface area contributed by atoms with Crippen molar-refractivity contribution >= 4 is 17.8 Å². The zero-order chi connectivity index (χ0) is 30.0. The fraction of sp³-hybridized carbons (Fsp3) is 0.613. The molecule has 2 aromatic rings. The van der Waals surface area contributed by atoms with E-state index in [1.807, 2.05) is 18.2 Å². The highest BCUT2D eigenvalue weighted by Crippen LogP contribution is 2.36. The summed E-state index contributed by atoms with van der Waals surface area (Å²) in [6.45, 7) is 6.44. The SMILES string of the molecule is CN(C(=O)N1CCN(C(=O)C(C)(C)N)CC1)c1ccn(-c2ccc3c(c2)OCC(CC2CCC(CN)CC2)C3)c(=O)n1. The molecule has 1 saturated heterocycles. The molecule has 1 aromatic heterocycles. The average molecular weight is 580 g/mol. The van der Waals surface area contributed by atoms with Gasteiger partial charge in [-0.2, -0.15) is 4.98 Å². The zero-order valence-electron chi connectivity index (χ0n) is 25.1. The lowest BCUT2D eigenvalue weighted by Crippen LogP contribution is -2.59. The number of carbonyl (C=O) groups excluding carboxylic acids is 2. The van der Waals surface area contributed by atoms with Crippen LogP contribution in [0.1, 0.15) is 51.5 Å². The van der Waals surface area contributed by atoms with E-state index in [2.05, 4.69) is 4.98 Å². The number of urea groups is 1. The molecule has 1 aliphatic carbocycles. The number of carbonyl (C=O) groups is 2. The molecule has 1 unspecified atom stereocenters. The molecule has 1 atom stereocenters. The summed E-state index contributed by atoms with van der Waals surface area (Å²) in [6.07, 6.45) is 8.83. The van der Waals surface area contributed by atoms with Gasteiger partial charge in [-0.15, -0.1) is 0 Å². The molecule has 3 heterocycles. The Bertz CT molecular complexity index is 1340. The van der Waals surface area contributed by atoms with Gasteiger partial charge in [0.15, 0.2) is 0 Å². The molecule has 1 saturated carbocycles. The topological polar surface area (TPSA) is 140 Å². The molecule has 4 N–H and O–H groups in total. The second-order valence-electron chi connectivity index (χ2n) is 12.8. The summed E-state index contributed by atoms with van der Waals surface area (Å²) >= 11 is 0. The van der Waals surface area contributed by atoms with E-state index >= 15 is 0 Å². The van der Waals surface area contributed by atoms with E-state index in [4.69, 9.17) is 16.2 Å². The van der Waals surface area contributed by atoms with Crippen molar-refractivity contribution in [1.29, 1.82) is 0 Å². The minimum absolute atomic E-state index is 0.138. The smallest absolute Gasteiger partial charge is 0.354 e. The molecular formula is C31H45N7O4. The van der Waals surface area contributed by atoms with E-state index < -0.39 is 11.2 Å². The Morgan fingerprint density at radius 1 is 1.02 bits per heavy atom. The first-order valence-electron chi connectivity index (χ1n) is 15.2. The van der Waals surface area contributed by atoms with Gasteiger partial charge in [0, 0.05) is 45.5 Å². The van der Waals surface area contributed by atoms with Gasteiger partial charge in [-0.05, 0) is 81.5 Å². The Balaban J connectivity index is 1.19. The minimum Gasteiger partial charge on any atom is -0.493 e. The van der Waals surface area contributed by atoms with Gasteiger partial charge in [0.1, 0.15) is 11.6 Å². The summed E-state index contributed by atoms with van der Waals surface area (Å²) in [7, 11) is 1.60. The Morgan fingerprint density at radius 2 is 1.69 bits per heavy atom. The van der Waals surface area contributed by atoms with Gasteiger partial charge in [0.05, 0.1) is 17.8 Å². The van der Waals surface area contributed by atoms with Gasteiger partial charge >= 0.3 is 11.7 Å². The summed E-state index contributed by atoms with van der Waals surface area (Å²) in [4.78, 5) is 47.5. The maximum absolute atomic E-state index is 13.1. The lowest BCUT2D eigenvalue weighted by atomic mass is 9.77. The molecule has 1 aromatic carbocycles. The fourth-order valence-electron chi connectivity index (χ4n) is 6.50. The maximum Gasteiger partial charge on any atom is 0.354 e. The van der Waals surface area contributed by atoms with Crippen LogP contribution in [0.5, 0.6) is 5.75 Å².